The van der Waals surface area contributed by atoms with Crippen molar-refractivity contribution in [3.63, 3.8) is 0 Å². The van der Waals surface area contributed by atoms with Crippen molar-refractivity contribution in [2.75, 3.05) is 0 Å². The van der Waals surface area contributed by atoms with Crippen LogP contribution in [-0.4, -0.2) is 24.9 Å². The second-order valence-corrected chi connectivity index (χ2v) is 4.50. The van der Waals surface area contributed by atoms with E-state index in [1.807, 2.05) is 0 Å². The summed E-state index contributed by atoms with van der Waals surface area (Å²) in [6.07, 6.45) is -5.53. The lowest BCUT2D eigenvalue weighted by molar-refractivity contribution is -0.108. The van der Waals surface area contributed by atoms with Gasteiger partial charge < -0.3 is 4.57 Å². The first-order valence-corrected chi connectivity index (χ1v) is 5.73. The van der Waals surface area contributed by atoms with Crippen LogP contribution in [0.15, 0.2) is 15.4 Å². The van der Waals surface area contributed by atoms with Crippen molar-refractivity contribution in [2.45, 2.75) is 6.18 Å². The van der Waals surface area contributed by atoms with Crippen LogP contribution >= 0.6 is 0 Å². The third-order valence-electron chi connectivity index (χ3n) is 3.11. The molecule has 0 aliphatic carbocycles. The van der Waals surface area contributed by atoms with Crippen LogP contribution in [0.1, 0.15) is 5.82 Å². The van der Waals surface area contributed by atoms with Crippen LogP contribution in [0.5, 0.6) is 0 Å². The molecule has 0 bridgehead atoms. The molecule has 0 amide bonds. The smallest absolute Gasteiger partial charge is 0.319 e. The molecule has 0 aliphatic rings. The van der Waals surface area contributed by atoms with E-state index in [4.69, 9.17) is 0 Å². The fourth-order valence-corrected chi connectivity index (χ4v) is 1.94. The van der Waals surface area contributed by atoms with E-state index >= 15 is 0 Å². The number of aromatic nitrogens is 4. The largest absolute Gasteiger partial charge is 0.446 e. The molecule has 0 aromatic carbocycles. The Balaban J connectivity index is 2.95. The minimum absolute atomic E-state index is 0.329. The molecular weight excluding hydrogens is 315 g/mol. The monoisotopic (exact) mass is 324 g/mol. The maximum absolute atomic E-state index is 13.7. The predicted octanol–water partition coefficient (Wildman–Crippen LogP) is 1.14. The number of fused-ring (bicyclic) bond motifs is 1. The molecule has 120 valence electrons. The van der Waals surface area contributed by atoms with Crippen LogP contribution in [0.3, 0.4) is 0 Å². The Kier molecular flexibility index (Phi) is 3.46. The molecule has 0 unspecified atom stereocenters. The molecule has 0 N–H and O–H groups in total. The lowest BCUT2D eigenvalue weighted by Crippen LogP contribution is -2.37. The molecule has 0 atom stereocenters. The summed E-state index contributed by atoms with van der Waals surface area (Å²) >= 11 is 0. The molecule has 2 rings (SSSR count). The van der Waals surface area contributed by atoms with Gasteiger partial charge in [-0.3, -0.25) is 13.9 Å². The molecule has 2 heterocycles. The summed E-state index contributed by atoms with van der Waals surface area (Å²) in [5.74, 6) is -6.27. The molecule has 2 aromatic rings. The number of aryl methyl sites for hydroxylation is 2. The van der Waals surface area contributed by atoms with Crippen molar-refractivity contribution in [1.82, 2.24) is 18.7 Å². The number of nitrogens with zero attached hydrogens (tertiary/aromatic N) is 4. The molecule has 0 saturated carbocycles. The van der Waals surface area contributed by atoms with Crippen molar-refractivity contribution < 1.29 is 22.0 Å². The van der Waals surface area contributed by atoms with Crippen LogP contribution < -0.4 is 11.2 Å². The van der Waals surface area contributed by atoms with Gasteiger partial charge in [-0.05, 0) is 0 Å². The minimum atomic E-state index is -5.53. The maximum Gasteiger partial charge on any atom is 0.446 e. The highest BCUT2D eigenvalue weighted by Gasteiger charge is 2.39. The molecular formula is C11H9F5N4O2. The normalized spacial score (nSPS) is 13.6. The van der Waals surface area contributed by atoms with Gasteiger partial charge in [0.25, 0.3) is 5.56 Å². The van der Waals surface area contributed by atoms with Crippen LogP contribution in [0, 0.1) is 0 Å². The molecule has 11 heteroatoms. The van der Waals surface area contributed by atoms with Crippen molar-refractivity contribution in [3.8, 4) is 0 Å². The van der Waals surface area contributed by atoms with Gasteiger partial charge in [0.1, 0.15) is 0 Å². The topological polar surface area (TPSA) is 61.8 Å². The summed E-state index contributed by atoms with van der Waals surface area (Å²) in [6, 6.07) is 0. The van der Waals surface area contributed by atoms with Gasteiger partial charge >= 0.3 is 11.9 Å². The first-order valence-electron chi connectivity index (χ1n) is 5.73. The molecule has 2 aromatic heterocycles. The third-order valence-corrected chi connectivity index (χ3v) is 3.11. The zero-order valence-electron chi connectivity index (χ0n) is 11.5. The number of halogens is 5. The van der Waals surface area contributed by atoms with Gasteiger partial charge in [-0.15, -0.1) is 0 Å². The van der Waals surface area contributed by atoms with E-state index in [1.54, 1.807) is 0 Å². The van der Waals surface area contributed by atoms with E-state index in [2.05, 4.69) is 4.98 Å². The summed E-state index contributed by atoms with van der Waals surface area (Å²) in [7, 11) is 3.38. The number of rotatable bonds is 1. The van der Waals surface area contributed by atoms with E-state index in [0.29, 0.717) is 9.13 Å². The molecule has 0 fully saturated rings. The van der Waals surface area contributed by atoms with Gasteiger partial charge in [0.2, 0.25) is 11.7 Å². The Morgan fingerprint density at radius 2 is 1.55 bits per heavy atom. The standard InChI is InChI=1S/C11H9F5N4O2/c1-18-5-8(19(2)10(22)20(3)9(5)21)17-7(18)4(12)6(13)11(14,15)16/h1-3H3/b6-4+. The second-order valence-electron chi connectivity index (χ2n) is 4.50. The first-order chi connectivity index (χ1) is 9.98. The number of alkyl halides is 3. The molecule has 0 radical (unpaired) electrons. The van der Waals surface area contributed by atoms with E-state index < -0.39 is 34.9 Å². The average Bonchev–Trinajstić information content (AvgIpc) is 2.78. The van der Waals surface area contributed by atoms with Crippen molar-refractivity contribution >= 4 is 17.0 Å². The van der Waals surface area contributed by atoms with Gasteiger partial charge in [0.05, 0.1) is 0 Å². The lowest BCUT2D eigenvalue weighted by Gasteiger charge is -2.05. The Morgan fingerprint density at radius 1 is 1.00 bits per heavy atom. The highest BCUT2D eigenvalue weighted by Crippen LogP contribution is 2.34. The van der Waals surface area contributed by atoms with Crippen molar-refractivity contribution in [2.24, 2.45) is 21.1 Å². The Labute approximate surface area is 118 Å². The number of hydrogen-bond donors (Lipinski definition) is 0. The van der Waals surface area contributed by atoms with Crippen molar-refractivity contribution in [3.05, 3.63) is 32.5 Å². The van der Waals surface area contributed by atoms with Gasteiger partial charge in [0.15, 0.2) is 17.0 Å². The van der Waals surface area contributed by atoms with Crippen LogP contribution in [0.25, 0.3) is 17.0 Å². The van der Waals surface area contributed by atoms with Crippen LogP contribution in [0.2, 0.25) is 0 Å². The predicted molar refractivity (Wildman–Crippen MR) is 66.4 cm³/mol. The molecule has 22 heavy (non-hydrogen) atoms. The Bertz CT molecular complexity index is 916. The fourth-order valence-electron chi connectivity index (χ4n) is 1.94. The number of imidazole rings is 1. The fraction of sp³-hybridized carbons (Fsp3) is 0.364. The molecule has 6 nitrogen and oxygen atoms in total. The average molecular weight is 324 g/mol. The lowest BCUT2D eigenvalue weighted by atomic mass is 10.4. The summed E-state index contributed by atoms with van der Waals surface area (Å²) in [6.45, 7) is 0. The van der Waals surface area contributed by atoms with E-state index in [0.717, 1.165) is 18.7 Å². The summed E-state index contributed by atoms with van der Waals surface area (Å²) in [4.78, 5) is 27.1. The highest BCUT2D eigenvalue weighted by atomic mass is 19.4. The van der Waals surface area contributed by atoms with Gasteiger partial charge in [0, 0.05) is 21.1 Å². The number of hydrogen-bond acceptors (Lipinski definition) is 3. The summed E-state index contributed by atoms with van der Waals surface area (Å²) in [5, 5.41) is 0. The van der Waals surface area contributed by atoms with Gasteiger partial charge in [-0.2, -0.15) is 22.0 Å². The zero-order chi connectivity index (χ0) is 17.0. The third kappa shape index (κ3) is 2.12. The van der Waals surface area contributed by atoms with Gasteiger partial charge in [-0.25, -0.2) is 9.78 Å². The molecule has 0 spiro atoms. The van der Waals surface area contributed by atoms with E-state index in [9.17, 15) is 31.5 Å². The van der Waals surface area contributed by atoms with Crippen LogP contribution in [-0.2, 0) is 21.1 Å². The van der Waals surface area contributed by atoms with Crippen LogP contribution in [0.4, 0.5) is 22.0 Å². The minimum Gasteiger partial charge on any atom is -0.319 e. The van der Waals surface area contributed by atoms with Crippen molar-refractivity contribution in [1.29, 1.82) is 0 Å². The zero-order valence-corrected chi connectivity index (χ0v) is 11.5. The SMILES string of the molecule is Cn1c(=O)c2c(nc(/C(F)=C(\F)C(F)(F)F)n2C)n(C)c1=O. The molecule has 0 saturated heterocycles. The first kappa shape index (κ1) is 15.9. The summed E-state index contributed by atoms with van der Waals surface area (Å²) in [5.41, 5.74) is -2.37. The Morgan fingerprint density at radius 3 is 2.05 bits per heavy atom. The second kappa shape index (κ2) is 4.78. The maximum atomic E-state index is 13.7. The quantitative estimate of drug-likeness (QED) is 0.739. The number of allylic oxidation sites excluding steroid dienone is 1. The van der Waals surface area contributed by atoms with E-state index in [-0.39, 0.29) is 11.2 Å². The highest BCUT2D eigenvalue weighted by molar-refractivity contribution is 5.75. The van der Waals surface area contributed by atoms with Gasteiger partial charge in [-0.1, -0.05) is 0 Å². The van der Waals surface area contributed by atoms with E-state index in [1.165, 1.54) is 7.05 Å². The molecule has 0 aliphatic heterocycles. The Hall–Kier alpha value is -2.46. The summed E-state index contributed by atoms with van der Waals surface area (Å²) < 4.78 is 65.6.